The van der Waals surface area contributed by atoms with Gasteiger partial charge in [-0.3, -0.25) is 0 Å². The minimum atomic E-state index is -0.177. The molecule has 0 aromatic heterocycles. The van der Waals surface area contributed by atoms with Crippen molar-refractivity contribution >= 4 is 11.7 Å². The number of nitrogens with zero attached hydrogens (tertiary/aromatic N) is 1. The summed E-state index contributed by atoms with van der Waals surface area (Å²) in [5.41, 5.74) is 1.77. The van der Waals surface area contributed by atoms with Gasteiger partial charge in [0.25, 0.3) is 0 Å². The molecule has 0 atom stereocenters. The monoisotopic (exact) mass is 340 g/mol. The van der Waals surface area contributed by atoms with E-state index in [1.807, 2.05) is 30.3 Å². The Kier molecular flexibility index (Phi) is 4.57. The Labute approximate surface area is 148 Å². The largest absolute Gasteiger partial charge is 0.487 e. The first kappa shape index (κ1) is 17.1. The second kappa shape index (κ2) is 6.67. The first-order valence-corrected chi connectivity index (χ1v) is 8.39. The lowest BCUT2D eigenvalue weighted by Crippen LogP contribution is -2.28. The number of carbonyl (C=O) groups excluding carboxylic acids is 1. The summed E-state index contributed by atoms with van der Waals surface area (Å²) in [6.07, 6.45) is 7.97. The van der Waals surface area contributed by atoms with Crippen LogP contribution in [0.15, 0.2) is 59.6 Å². The van der Waals surface area contributed by atoms with Crippen LogP contribution in [0.5, 0.6) is 5.75 Å². The van der Waals surface area contributed by atoms with Crippen molar-refractivity contribution in [1.82, 2.24) is 4.90 Å². The minimum absolute atomic E-state index is 0.162. The highest BCUT2D eigenvalue weighted by molar-refractivity contribution is 5.88. The van der Waals surface area contributed by atoms with Gasteiger partial charge in [0.1, 0.15) is 22.9 Å². The van der Waals surface area contributed by atoms with E-state index in [9.17, 15) is 4.79 Å². The SMILES string of the molecule is CN(C)C(=O)Nc1ccc(OC2=CCC3=CCC(C)(C)OC3=C2)cc1. The highest BCUT2D eigenvalue weighted by atomic mass is 16.5. The molecule has 0 saturated heterocycles. The molecule has 1 aromatic rings. The van der Waals surface area contributed by atoms with Gasteiger partial charge in [0.2, 0.25) is 0 Å². The minimum Gasteiger partial charge on any atom is -0.487 e. The molecule has 1 aromatic carbocycles. The lowest BCUT2D eigenvalue weighted by Gasteiger charge is -2.33. The van der Waals surface area contributed by atoms with Crippen molar-refractivity contribution in [3.8, 4) is 5.75 Å². The van der Waals surface area contributed by atoms with E-state index in [1.165, 1.54) is 10.5 Å². The van der Waals surface area contributed by atoms with E-state index in [1.54, 1.807) is 14.1 Å². The molecule has 3 rings (SSSR count). The predicted molar refractivity (Wildman–Crippen MR) is 98.4 cm³/mol. The number of carbonyl (C=O) groups is 1. The Balaban J connectivity index is 1.66. The van der Waals surface area contributed by atoms with Gasteiger partial charge >= 0.3 is 6.03 Å². The van der Waals surface area contributed by atoms with Crippen LogP contribution < -0.4 is 10.1 Å². The van der Waals surface area contributed by atoms with Gasteiger partial charge in [0.05, 0.1) is 0 Å². The first-order chi connectivity index (χ1) is 11.8. The summed E-state index contributed by atoms with van der Waals surface area (Å²) in [6, 6.07) is 7.14. The summed E-state index contributed by atoms with van der Waals surface area (Å²) >= 11 is 0. The Hall–Kier alpha value is -2.69. The standard InChI is InChI=1S/C20H24N2O3/c1-20(2)12-11-14-5-8-17(13-18(14)25-20)24-16-9-6-15(7-10-16)21-19(23)22(3)4/h6-11,13H,5,12H2,1-4H3,(H,21,23). The number of nitrogens with one attached hydrogen (secondary N) is 1. The van der Waals surface area contributed by atoms with Crippen LogP contribution in [-0.2, 0) is 4.74 Å². The van der Waals surface area contributed by atoms with E-state index in [-0.39, 0.29) is 11.6 Å². The number of allylic oxidation sites excluding steroid dienone is 3. The van der Waals surface area contributed by atoms with Crippen molar-refractivity contribution in [2.24, 2.45) is 0 Å². The molecule has 1 aliphatic heterocycles. The second-order valence-electron chi connectivity index (χ2n) is 7.07. The highest BCUT2D eigenvalue weighted by Gasteiger charge is 2.27. The van der Waals surface area contributed by atoms with Crippen molar-refractivity contribution in [3.05, 3.63) is 59.6 Å². The molecule has 0 saturated carbocycles. The third kappa shape index (κ3) is 4.24. The molecule has 25 heavy (non-hydrogen) atoms. The summed E-state index contributed by atoms with van der Waals surface area (Å²) in [6.45, 7) is 4.17. The molecule has 2 aliphatic rings. The number of hydrogen-bond donors (Lipinski definition) is 1. The molecule has 0 unspecified atom stereocenters. The van der Waals surface area contributed by atoms with E-state index in [2.05, 4.69) is 31.3 Å². The third-order valence-electron chi connectivity index (χ3n) is 4.09. The Bertz CT molecular complexity index is 756. The van der Waals surface area contributed by atoms with E-state index in [4.69, 9.17) is 9.47 Å². The lowest BCUT2D eigenvalue weighted by molar-refractivity contribution is 0.0329. The fourth-order valence-corrected chi connectivity index (χ4v) is 2.63. The number of benzene rings is 1. The number of rotatable bonds is 3. The maximum atomic E-state index is 11.6. The number of urea groups is 1. The van der Waals surface area contributed by atoms with Crippen LogP contribution in [0, 0.1) is 0 Å². The molecule has 132 valence electrons. The molecular formula is C20H24N2O3. The molecule has 1 heterocycles. The molecule has 5 nitrogen and oxygen atoms in total. The average Bonchev–Trinajstić information content (AvgIpc) is 2.55. The maximum Gasteiger partial charge on any atom is 0.321 e. The van der Waals surface area contributed by atoms with Gasteiger partial charge in [0.15, 0.2) is 0 Å². The molecule has 5 heteroatoms. The van der Waals surface area contributed by atoms with Gasteiger partial charge in [0, 0.05) is 32.3 Å². The molecule has 0 radical (unpaired) electrons. The van der Waals surface area contributed by atoms with Crippen LogP contribution >= 0.6 is 0 Å². The van der Waals surface area contributed by atoms with Gasteiger partial charge in [-0.25, -0.2) is 4.79 Å². The van der Waals surface area contributed by atoms with Gasteiger partial charge < -0.3 is 19.7 Å². The molecule has 2 amide bonds. The zero-order chi connectivity index (χ0) is 18.0. The van der Waals surface area contributed by atoms with Crippen LogP contribution in [-0.4, -0.2) is 30.6 Å². The smallest absolute Gasteiger partial charge is 0.321 e. The fourth-order valence-electron chi connectivity index (χ4n) is 2.63. The summed E-state index contributed by atoms with van der Waals surface area (Å²) in [5, 5.41) is 2.80. The van der Waals surface area contributed by atoms with Gasteiger partial charge in [-0.2, -0.15) is 0 Å². The molecule has 1 N–H and O–H groups in total. The number of amides is 2. The topological polar surface area (TPSA) is 50.8 Å². The zero-order valence-corrected chi connectivity index (χ0v) is 15.1. The molecule has 0 fully saturated rings. The zero-order valence-electron chi connectivity index (χ0n) is 15.1. The number of hydrogen-bond acceptors (Lipinski definition) is 3. The van der Waals surface area contributed by atoms with Crippen LogP contribution in [0.2, 0.25) is 0 Å². The quantitative estimate of drug-likeness (QED) is 0.884. The van der Waals surface area contributed by atoms with E-state index in [0.717, 1.165) is 30.0 Å². The summed E-state index contributed by atoms with van der Waals surface area (Å²) < 4.78 is 12.0. The van der Waals surface area contributed by atoms with Crippen LogP contribution in [0.3, 0.4) is 0 Å². The molecule has 0 bridgehead atoms. The van der Waals surface area contributed by atoms with Crippen molar-refractivity contribution in [1.29, 1.82) is 0 Å². The van der Waals surface area contributed by atoms with E-state index >= 15 is 0 Å². The van der Waals surface area contributed by atoms with E-state index < -0.39 is 0 Å². The molecule has 0 spiro atoms. The number of fused-ring (bicyclic) bond motifs is 1. The van der Waals surface area contributed by atoms with Crippen LogP contribution in [0.1, 0.15) is 26.7 Å². The Morgan fingerprint density at radius 1 is 1.20 bits per heavy atom. The van der Waals surface area contributed by atoms with Crippen molar-refractivity contribution in [3.63, 3.8) is 0 Å². The maximum absolute atomic E-state index is 11.6. The first-order valence-electron chi connectivity index (χ1n) is 8.39. The third-order valence-corrected chi connectivity index (χ3v) is 4.09. The van der Waals surface area contributed by atoms with Crippen molar-refractivity contribution in [2.75, 3.05) is 19.4 Å². The van der Waals surface area contributed by atoms with Crippen LogP contribution in [0.25, 0.3) is 0 Å². The van der Waals surface area contributed by atoms with Gasteiger partial charge in [-0.1, -0.05) is 6.08 Å². The second-order valence-corrected chi connectivity index (χ2v) is 7.07. The fraction of sp³-hybridized carbons (Fsp3) is 0.350. The predicted octanol–water partition coefficient (Wildman–Crippen LogP) is 4.46. The number of ether oxygens (including phenoxy) is 2. The normalized spacial score (nSPS) is 18.0. The van der Waals surface area contributed by atoms with Crippen LogP contribution in [0.4, 0.5) is 10.5 Å². The average molecular weight is 340 g/mol. The Morgan fingerprint density at radius 2 is 1.92 bits per heavy atom. The number of anilines is 1. The van der Waals surface area contributed by atoms with Crippen molar-refractivity contribution < 1.29 is 14.3 Å². The lowest BCUT2D eigenvalue weighted by atomic mass is 9.94. The van der Waals surface area contributed by atoms with E-state index in [0.29, 0.717) is 5.75 Å². The van der Waals surface area contributed by atoms with Gasteiger partial charge in [-0.05, 0) is 56.2 Å². The highest BCUT2D eigenvalue weighted by Crippen LogP contribution is 2.35. The summed E-state index contributed by atoms with van der Waals surface area (Å²) in [7, 11) is 3.40. The summed E-state index contributed by atoms with van der Waals surface area (Å²) in [4.78, 5) is 13.1. The van der Waals surface area contributed by atoms with Gasteiger partial charge in [-0.15, -0.1) is 0 Å². The molecular weight excluding hydrogens is 316 g/mol. The summed E-state index contributed by atoms with van der Waals surface area (Å²) in [5.74, 6) is 2.38. The van der Waals surface area contributed by atoms with Crippen molar-refractivity contribution in [2.45, 2.75) is 32.3 Å². The molecule has 1 aliphatic carbocycles. The Morgan fingerprint density at radius 3 is 2.60 bits per heavy atom.